The van der Waals surface area contributed by atoms with Crippen LogP contribution in [-0.4, -0.2) is 28.9 Å². The number of amides is 1. The third-order valence-corrected chi connectivity index (χ3v) is 5.40. The molecule has 0 radical (unpaired) electrons. The zero-order valence-corrected chi connectivity index (χ0v) is 15.8. The number of non-ortho nitro benzene ring substituents is 1. The zero-order valence-electron chi connectivity index (χ0n) is 15.0. The van der Waals surface area contributed by atoms with Gasteiger partial charge in [-0.1, -0.05) is 38.3 Å². The number of esters is 1. The minimum absolute atomic E-state index is 0.0305. The quantitative estimate of drug-likeness (QED) is 0.475. The highest BCUT2D eigenvalue weighted by atomic mass is 35.5. The number of nitro groups is 1. The minimum Gasteiger partial charge on any atom is -0.449 e. The molecule has 0 unspecified atom stereocenters. The summed E-state index contributed by atoms with van der Waals surface area (Å²) >= 11 is 5.93. The molecule has 1 aromatic carbocycles. The van der Waals surface area contributed by atoms with Crippen molar-refractivity contribution in [2.45, 2.75) is 52.2 Å². The van der Waals surface area contributed by atoms with Crippen LogP contribution in [0.2, 0.25) is 5.02 Å². The van der Waals surface area contributed by atoms with Gasteiger partial charge in [-0.05, 0) is 31.2 Å². The Hall–Kier alpha value is -2.15. The first-order chi connectivity index (χ1) is 12.2. The number of benzene rings is 1. The smallest absolute Gasteiger partial charge is 0.340 e. The van der Waals surface area contributed by atoms with E-state index in [2.05, 4.69) is 19.2 Å². The fraction of sp³-hybridized carbons (Fsp3) is 0.556. The third-order valence-electron chi connectivity index (χ3n) is 5.07. The van der Waals surface area contributed by atoms with Crippen molar-refractivity contribution in [3.8, 4) is 0 Å². The molecule has 1 aromatic rings. The zero-order chi connectivity index (χ0) is 19.4. The SMILES string of the molecule is C[C@@H]1[C@@H](C)CCC[C@H]1NC(=O)[C@@H](C)OC(=O)c1cc([N+](=O)[O-])ccc1Cl. The maximum absolute atomic E-state index is 12.4. The predicted octanol–water partition coefficient (Wildman–Crippen LogP) is 3.73. The van der Waals surface area contributed by atoms with E-state index >= 15 is 0 Å². The van der Waals surface area contributed by atoms with Crippen molar-refractivity contribution in [3.63, 3.8) is 0 Å². The van der Waals surface area contributed by atoms with Gasteiger partial charge in [-0.15, -0.1) is 0 Å². The number of nitrogens with one attached hydrogen (secondary N) is 1. The number of ether oxygens (including phenoxy) is 1. The lowest BCUT2D eigenvalue weighted by Crippen LogP contribution is -2.47. The average molecular weight is 383 g/mol. The molecule has 0 heterocycles. The molecule has 142 valence electrons. The minimum atomic E-state index is -1.03. The number of hydrogen-bond acceptors (Lipinski definition) is 5. The van der Waals surface area contributed by atoms with Gasteiger partial charge < -0.3 is 10.1 Å². The summed E-state index contributed by atoms with van der Waals surface area (Å²) in [6.07, 6.45) is 2.06. The van der Waals surface area contributed by atoms with E-state index in [4.69, 9.17) is 16.3 Å². The second kappa shape index (κ2) is 8.49. The molecule has 2 rings (SSSR count). The van der Waals surface area contributed by atoms with Gasteiger partial charge in [0.1, 0.15) is 0 Å². The average Bonchev–Trinajstić information content (AvgIpc) is 2.58. The Balaban J connectivity index is 2.01. The molecule has 1 aliphatic carbocycles. The van der Waals surface area contributed by atoms with Gasteiger partial charge in [-0.25, -0.2) is 4.79 Å². The summed E-state index contributed by atoms with van der Waals surface area (Å²) in [5, 5.41) is 13.8. The standard InChI is InChI=1S/C18H23ClN2O5/c1-10-5-4-6-16(11(10)2)20-17(22)12(3)26-18(23)14-9-13(21(24)25)7-8-15(14)19/h7-12,16H,4-6H2,1-3H3,(H,20,22)/t10-,11+,12+,16+/m0/s1. The van der Waals surface area contributed by atoms with Crippen molar-refractivity contribution in [2.75, 3.05) is 0 Å². The Labute approximate surface area is 157 Å². The van der Waals surface area contributed by atoms with Gasteiger partial charge in [0.15, 0.2) is 6.10 Å². The highest BCUT2D eigenvalue weighted by molar-refractivity contribution is 6.33. The van der Waals surface area contributed by atoms with E-state index in [1.54, 1.807) is 0 Å². The summed E-state index contributed by atoms with van der Waals surface area (Å²) in [6.45, 7) is 5.74. The van der Waals surface area contributed by atoms with Crippen LogP contribution in [0.25, 0.3) is 0 Å². The molecule has 1 aliphatic rings. The van der Waals surface area contributed by atoms with E-state index in [1.807, 2.05) is 0 Å². The molecule has 0 saturated heterocycles. The lowest BCUT2D eigenvalue weighted by Gasteiger charge is -2.35. The van der Waals surface area contributed by atoms with Gasteiger partial charge in [0.25, 0.3) is 11.6 Å². The van der Waals surface area contributed by atoms with Gasteiger partial charge in [-0.3, -0.25) is 14.9 Å². The Morgan fingerprint density at radius 3 is 2.69 bits per heavy atom. The second-order valence-electron chi connectivity index (χ2n) is 6.85. The lowest BCUT2D eigenvalue weighted by atomic mass is 9.78. The molecule has 0 aromatic heterocycles. The number of carbonyl (C=O) groups is 2. The molecule has 26 heavy (non-hydrogen) atoms. The normalized spacial score (nSPS) is 23.8. The number of hydrogen-bond donors (Lipinski definition) is 1. The Bertz CT molecular complexity index is 709. The van der Waals surface area contributed by atoms with Gasteiger partial charge >= 0.3 is 5.97 Å². The molecular weight excluding hydrogens is 360 g/mol. The van der Waals surface area contributed by atoms with Gasteiger partial charge in [-0.2, -0.15) is 0 Å². The van der Waals surface area contributed by atoms with Crippen LogP contribution in [0.4, 0.5) is 5.69 Å². The predicted molar refractivity (Wildman–Crippen MR) is 97.1 cm³/mol. The van der Waals surface area contributed by atoms with Crippen LogP contribution in [0.15, 0.2) is 18.2 Å². The molecule has 1 saturated carbocycles. The van der Waals surface area contributed by atoms with E-state index in [-0.39, 0.29) is 28.2 Å². The number of halogens is 1. The maximum atomic E-state index is 12.4. The van der Waals surface area contributed by atoms with Crippen LogP contribution in [0, 0.1) is 22.0 Å². The number of nitro benzene ring substituents is 1. The van der Waals surface area contributed by atoms with Gasteiger partial charge in [0, 0.05) is 18.2 Å². The highest BCUT2D eigenvalue weighted by Crippen LogP contribution is 2.29. The van der Waals surface area contributed by atoms with Crippen molar-refractivity contribution in [1.82, 2.24) is 5.32 Å². The molecule has 1 fully saturated rings. The second-order valence-corrected chi connectivity index (χ2v) is 7.26. The van der Waals surface area contributed by atoms with Crippen molar-refractivity contribution in [3.05, 3.63) is 38.9 Å². The lowest BCUT2D eigenvalue weighted by molar-refractivity contribution is -0.384. The molecule has 0 bridgehead atoms. The fourth-order valence-electron chi connectivity index (χ4n) is 3.15. The van der Waals surface area contributed by atoms with Crippen molar-refractivity contribution in [2.24, 2.45) is 11.8 Å². The molecule has 0 aliphatic heterocycles. The summed E-state index contributed by atoms with van der Waals surface area (Å²) in [4.78, 5) is 34.8. The number of rotatable bonds is 5. The van der Waals surface area contributed by atoms with Crippen molar-refractivity contribution in [1.29, 1.82) is 0 Å². The van der Waals surface area contributed by atoms with Crippen LogP contribution < -0.4 is 5.32 Å². The molecule has 0 spiro atoms. The van der Waals surface area contributed by atoms with Crippen LogP contribution in [0.5, 0.6) is 0 Å². The monoisotopic (exact) mass is 382 g/mol. The molecule has 1 amide bonds. The first kappa shape index (κ1) is 20.2. The van der Waals surface area contributed by atoms with Crippen LogP contribution in [0.3, 0.4) is 0 Å². The van der Waals surface area contributed by atoms with Crippen LogP contribution in [0.1, 0.15) is 50.4 Å². The van der Waals surface area contributed by atoms with Gasteiger partial charge in [0.2, 0.25) is 0 Å². The highest BCUT2D eigenvalue weighted by Gasteiger charge is 2.30. The summed E-state index contributed by atoms with van der Waals surface area (Å²) in [5.41, 5.74) is -0.413. The molecule has 1 N–H and O–H groups in total. The van der Waals surface area contributed by atoms with Gasteiger partial charge in [0.05, 0.1) is 15.5 Å². The Kier molecular flexibility index (Phi) is 6.58. The number of nitrogens with zero attached hydrogens (tertiary/aromatic N) is 1. The summed E-state index contributed by atoms with van der Waals surface area (Å²) in [7, 11) is 0. The van der Waals surface area contributed by atoms with Crippen molar-refractivity contribution >= 4 is 29.2 Å². The van der Waals surface area contributed by atoms with Crippen LogP contribution in [-0.2, 0) is 9.53 Å². The fourth-order valence-corrected chi connectivity index (χ4v) is 3.34. The summed E-state index contributed by atoms with van der Waals surface area (Å²) in [6, 6.07) is 3.54. The Morgan fingerprint density at radius 2 is 2.04 bits per heavy atom. The summed E-state index contributed by atoms with van der Waals surface area (Å²) in [5.74, 6) is -0.380. The largest absolute Gasteiger partial charge is 0.449 e. The van der Waals surface area contributed by atoms with E-state index in [0.29, 0.717) is 11.8 Å². The molecule has 8 heteroatoms. The molecule has 4 atom stereocenters. The van der Waals surface area contributed by atoms with E-state index in [0.717, 1.165) is 25.3 Å². The maximum Gasteiger partial charge on any atom is 0.340 e. The third kappa shape index (κ3) is 4.72. The van der Waals surface area contributed by atoms with E-state index < -0.39 is 17.0 Å². The topological polar surface area (TPSA) is 98.5 Å². The van der Waals surface area contributed by atoms with Crippen LogP contribution >= 0.6 is 11.6 Å². The molecule has 7 nitrogen and oxygen atoms in total. The summed E-state index contributed by atoms with van der Waals surface area (Å²) < 4.78 is 5.16. The van der Waals surface area contributed by atoms with E-state index in [9.17, 15) is 19.7 Å². The van der Waals surface area contributed by atoms with Crippen molar-refractivity contribution < 1.29 is 19.2 Å². The van der Waals surface area contributed by atoms with E-state index in [1.165, 1.54) is 19.1 Å². The number of carbonyl (C=O) groups excluding carboxylic acids is 2. The first-order valence-corrected chi connectivity index (χ1v) is 9.03. The molecular formula is C18H23ClN2O5. The first-order valence-electron chi connectivity index (χ1n) is 8.66. The Morgan fingerprint density at radius 1 is 1.35 bits per heavy atom.